The third kappa shape index (κ3) is 5.32. The van der Waals surface area contributed by atoms with Crippen LogP contribution in [0.2, 0.25) is 0 Å². The summed E-state index contributed by atoms with van der Waals surface area (Å²) in [6, 6.07) is -0.255. The molecule has 0 aromatic carbocycles. The molecule has 30 heavy (non-hydrogen) atoms. The maximum Gasteiger partial charge on any atom is 0.321 e. The molecule has 8 heteroatoms. The largest absolute Gasteiger partial charge is 0.342 e. The van der Waals surface area contributed by atoms with Crippen molar-refractivity contribution in [2.24, 2.45) is 17.8 Å². The maximum absolute atomic E-state index is 12.3. The second kappa shape index (κ2) is 9.64. The van der Waals surface area contributed by atoms with Crippen LogP contribution in [0, 0.1) is 17.8 Å². The van der Waals surface area contributed by atoms with E-state index in [0.29, 0.717) is 12.5 Å². The number of imide groups is 1. The Morgan fingerprint density at radius 1 is 0.900 bits per heavy atom. The molecule has 2 saturated carbocycles. The summed E-state index contributed by atoms with van der Waals surface area (Å²) in [6.07, 6.45) is 7.39. The first kappa shape index (κ1) is 21.6. The number of nitrogens with zero attached hydrogens (tertiary/aromatic N) is 3. The van der Waals surface area contributed by atoms with Gasteiger partial charge in [-0.2, -0.15) is 0 Å². The smallest absolute Gasteiger partial charge is 0.321 e. The molecule has 0 unspecified atom stereocenters. The van der Waals surface area contributed by atoms with Crippen LogP contribution in [-0.2, 0) is 9.59 Å². The van der Waals surface area contributed by atoms with Crippen molar-refractivity contribution in [3.05, 3.63) is 0 Å². The molecule has 4 amide bonds. The number of urea groups is 1. The van der Waals surface area contributed by atoms with E-state index >= 15 is 0 Å². The highest BCUT2D eigenvalue weighted by molar-refractivity contribution is 5.95. The lowest BCUT2D eigenvalue weighted by Crippen LogP contribution is -2.53. The number of piperazine rings is 1. The van der Waals surface area contributed by atoms with Crippen LogP contribution in [0.5, 0.6) is 0 Å². The van der Waals surface area contributed by atoms with Crippen LogP contribution in [0.1, 0.15) is 45.4 Å². The molecular weight excluding hydrogens is 382 g/mol. The molecule has 2 bridgehead atoms. The number of hydrogen-bond acceptors (Lipinski definition) is 5. The fraction of sp³-hybridized carbons (Fsp3) is 0.864. The van der Waals surface area contributed by atoms with Gasteiger partial charge in [-0.25, -0.2) is 4.79 Å². The molecule has 4 aliphatic rings. The average Bonchev–Trinajstić information content (AvgIpc) is 3.47. The maximum atomic E-state index is 12.3. The number of hydrogen-bond donors (Lipinski definition) is 2. The molecule has 2 N–H and O–H groups in total. The lowest BCUT2D eigenvalue weighted by Gasteiger charge is -2.34. The van der Waals surface area contributed by atoms with Gasteiger partial charge in [-0.05, 0) is 56.8 Å². The Bertz CT molecular complexity index is 643. The summed E-state index contributed by atoms with van der Waals surface area (Å²) in [7, 11) is 0. The number of carbonyl (C=O) groups excluding carboxylic acids is 3. The van der Waals surface area contributed by atoms with Crippen LogP contribution in [0.3, 0.4) is 0 Å². The number of rotatable bonds is 6. The Balaban J connectivity index is 1.12. The van der Waals surface area contributed by atoms with Crippen molar-refractivity contribution in [1.29, 1.82) is 0 Å². The molecule has 4 rings (SSSR count). The molecule has 2 heterocycles. The normalized spacial score (nSPS) is 30.4. The molecule has 0 radical (unpaired) electrons. The first-order valence-corrected chi connectivity index (χ1v) is 11.8. The molecule has 2 saturated heterocycles. The van der Waals surface area contributed by atoms with Gasteiger partial charge in [0.2, 0.25) is 11.8 Å². The fourth-order valence-corrected chi connectivity index (χ4v) is 5.99. The second-order valence-corrected chi connectivity index (χ2v) is 9.79. The molecule has 2 aliphatic heterocycles. The van der Waals surface area contributed by atoms with Crippen molar-refractivity contribution in [1.82, 2.24) is 25.3 Å². The molecule has 2 aliphatic carbocycles. The standard InChI is InChI=1S/C22H37N5O3/c1-16(19-13-17-4-5-18(19)12-17)23-22(30)24-20(28)14-25-8-10-26(11-9-25)15-21(29)27-6-2-3-7-27/h16-19H,2-15H2,1H3,(H2,23,24,28,30)/t16-,17-,18-,19+/m0/s1. The van der Waals surface area contributed by atoms with E-state index in [1.54, 1.807) is 0 Å². The van der Waals surface area contributed by atoms with Crippen molar-refractivity contribution < 1.29 is 14.4 Å². The molecule has 0 aromatic heterocycles. The van der Waals surface area contributed by atoms with Gasteiger partial charge >= 0.3 is 6.03 Å². The zero-order chi connectivity index (χ0) is 21.1. The Morgan fingerprint density at radius 3 is 2.17 bits per heavy atom. The Morgan fingerprint density at radius 2 is 1.57 bits per heavy atom. The van der Waals surface area contributed by atoms with Crippen molar-refractivity contribution in [3.8, 4) is 0 Å². The zero-order valence-corrected chi connectivity index (χ0v) is 18.3. The van der Waals surface area contributed by atoms with Gasteiger partial charge in [0.05, 0.1) is 13.1 Å². The highest BCUT2D eigenvalue weighted by Crippen LogP contribution is 2.49. The van der Waals surface area contributed by atoms with Crippen LogP contribution < -0.4 is 10.6 Å². The highest BCUT2D eigenvalue weighted by Gasteiger charge is 2.42. The third-order valence-electron chi connectivity index (χ3n) is 7.70. The summed E-state index contributed by atoms with van der Waals surface area (Å²) in [6.45, 7) is 7.59. The van der Waals surface area contributed by atoms with Gasteiger partial charge in [-0.15, -0.1) is 0 Å². The molecule has 0 spiro atoms. The average molecular weight is 420 g/mol. The molecular formula is C22H37N5O3. The summed E-state index contributed by atoms with van der Waals surface area (Å²) in [5.41, 5.74) is 0. The van der Waals surface area contributed by atoms with Gasteiger partial charge in [-0.1, -0.05) is 6.42 Å². The second-order valence-electron chi connectivity index (χ2n) is 9.79. The minimum Gasteiger partial charge on any atom is -0.342 e. The minimum absolute atomic E-state index is 0.116. The Hall–Kier alpha value is -1.67. The monoisotopic (exact) mass is 419 g/mol. The molecule has 4 fully saturated rings. The van der Waals surface area contributed by atoms with E-state index in [-0.39, 0.29) is 30.4 Å². The van der Waals surface area contributed by atoms with Gasteiger partial charge < -0.3 is 10.2 Å². The van der Waals surface area contributed by atoms with E-state index in [1.165, 1.54) is 25.7 Å². The van der Waals surface area contributed by atoms with E-state index < -0.39 is 0 Å². The van der Waals surface area contributed by atoms with Gasteiger partial charge in [0, 0.05) is 45.3 Å². The van der Waals surface area contributed by atoms with Crippen molar-refractivity contribution >= 4 is 17.8 Å². The Labute approximate surface area is 179 Å². The van der Waals surface area contributed by atoms with E-state index in [9.17, 15) is 14.4 Å². The number of carbonyl (C=O) groups is 3. The van der Waals surface area contributed by atoms with Crippen LogP contribution in [0.25, 0.3) is 0 Å². The van der Waals surface area contributed by atoms with Gasteiger partial charge in [0.1, 0.15) is 0 Å². The molecule has 0 aromatic rings. The van der Waals surface area contributed by atoms with E-state index in [2.05, 4.69) is 27.4 Å². The summed E-state index contributed by atoms with van der Waals surface area (Å²) in [4.78, 5) is 43.0. The van der Waals surface area contributed by atoms with Crippen LogP contribution in [-0.4, -0.2) is 90.9 Å². The predicted molar refractivity (Wildman–Crippen MR) is 114 cm³/mol. The van der Waals surface area contributed by atoms with Gasteiger partial charge in [0.25, 0.3) is 0 Å². The lowest BCUT2D eigenvalue weighted by molar-refractivity contribution is -0.132. The molecule has 4 atom stereocenters. The number of fused-ring (bicyclic) bond motifs is 2. The number of amides is 4. The quantitative estimate of drug-likeness (QED) is 0.668. The zero-order valence-electron chi connectivity index (χ0n) is 18.3. The van der Waals surface area contributed by atoms with Crippen molar-refractivity contribution in [3.63, 3.8) is 0 Å². The third-order valence-corrected chi connectivity index (χ3v) is 7.70. The number of likely N-dealkylation sites (tertiary alicyclic amines) is 1. The topological polar surface area (TPSA) is 85.0 Å². The first-order chi connectivity index (χ1) is 14.5. The summed E-state index contributed by atoms with van der Waals surface area (Å²) in [5.74, 6) is 2.11. The van der Waals surface area contributed by atoms with Gasteiger partial charge in [-0.3, -0.25) is 24.7 Å². The van der Waals surface area contributed by atoms with Crippen LogP contribution in [0.15, 0.2) is 0 Å². The summed E-state index contributed by atoms with van der Waals surface area (Å²) >= 11 is 0. The minimum atomic E-state index is -0.370. The number of nitrogens with one attached hydrogen (secondary N) is 2. The first-order valence-electron chi connectivity index (χ1n) is 11.8. The highest BCUT2D eigenvalue weighted by atomic mass is 16.2. The fourth-order valence-electron chi connectivity index (χ4n) is 5.99. The van der Waals surface area contributed by atoms with Crippen LogP contribution in [0.4, 0.5) is 4.79 Å². The SMILES string of the molecule is C[C@H](NC(=O)NC(=O)CN1CCN(CC(=O)N2CCCC2)CC1)[C@H]1C[C@H]2CC[C@H]1C2. The molecule has 8 nitrogen and oxygen atoms in total. The van der Waals surface area contributed by atoms with E-state index in [4.69, 9.17) is 0 Å². The summed E-state index contributed by atoms with van der Waals surface area (Å²) < 4.78 is 0. The lowest BCUT2D eigenvalue weighted by atomic mass is 9.84. The van der Waals surface area contributed by atoms with E-state index in [1.807, 2.05) is 4.90 Å². The van der Waals surface area contributed by atoms with E-state index in [0.717, 1.165) is 63.9 Å². The predicted octanol–water partition coefficient (Wildman–Crippen LogP) is 0.877. The van der Waals surface area contributed by atoms with Crippen LogP contribution >= 0.6 is 0 Å². The van der Waals surface area contributed by atoms with Gasteiger partial charge in [0.15, 0.2) is 0 Å². The molecule has 168 valence electrons. The summed E-state index contributed by atoms with van der Waals surface area (Å²) in [5, 5.41) is 5.49. The van der Waals surface area contributed by atoms with Crippen molar-refractivity contribution in [2.45, 2.75) is 51.5 Å². The van der Waals surface area contributed by atoms with Crippen molar-refractivity contribution in [2.75, 3.05) is 52.4 Å². The Kier molecular flexibility index (Phi) is 6.93.